The van der Waals surface area contributed by atoms with Gasteiger partial charge >= 0.3 is 0 Å². The summed E-state index contributed by atoms with van der Waals surface area (Å²) in [5.41, 5.74) is 5.81. The molecule has 1 aliphatic carbocycles. The smallest absolute Gasteiger partial charge is 0.0585 e. The molecular formula is C10H21NO. The van der Waals surface area contributed by atoms with Gasteiger partial charge in [-0.1, -0.05) is 20.3 Å². The van der Waals surface area contributed by atoms with E-state index in [1.807, 2.05) is 0 Å². The zero-order valence-corrected chi connectivity index (χ0v) is 8.16. The SMILES string of the molecule is CC1CCC(C(N)CO)CC1C. The molecule has 1 rings (SSSR count). The highest BCUT2D eigenvalue weighted by Gasteiger charge is 2.27. The van der Waals surface area contributed by atoms with Crippen molar-refractivity contribution in [2.45, 2.75) is 39.2 Å². The van der Waals surface area contributed by atoms with Crippen LogP contribution in [0.15, 0.2) is 0 Å². The quantitative estimate of drug-likeness (QED) is 0.659. The predicted octanol–water partition coefficient (Wildman–Crippen LogP) is 1.38. The largest absolute Gasteiger partial charge is 0.395 e. The molecule has 1 aliphatic rings. The summed E-state index contributed by atoms with van der Waals surface area (Å²) in [4.78, 5) is 0. The Balaban J connectivity index is 2.39. The van der Waals surface area contributed by atoms with Gasteiger partial charge in [-0.05, 0) is 30.6 Å². The van der Waals surface area contributed by atoms with Gasteiger partial charge in [0.25, 0.3) is 0 Å². The number of hydrogen-bond donors (Lipinski definition) is 2. The van der Waals surface area contributed by atoms with E-state index in [1.54, 1.807) is 0 Å². The van der Waals surface area contributed by atoms with Crippen molar-refractivity contribution in [2.75, 3.05) is 6.61 Å². The van der Waals surface area contributed by atoms with Crippen molar-refractivity contribution in [3.05, 3.63) is 0 Å². The molecule has 0 amide bonds. The van der Waals surface area contributed by atoms with E-state index in [0.717, 1.165) is 11.8 Å². The van der Waals surface area contributed by atoms with Crippen molar-refractivity contribution in [3.8, 4) is 0 Å². The normalized spacial score (nSPS) is 39.5. The first-order valence-electron chi connectivity index (χ1n) is 5.01. The Kier molecular flexibility index (Phi) is 3.53. The molecule has 1 saturated carbocycles. The van der Waals surface area contributed by atoms with Crippen LogP contribution < -0.4 is 5.73 Å². The Morgan fingerprint density at radius 1 is 1.33 bits per heavy atom. The number of nitrogens with two attached hydrogens (primary N) is 1. The molecule has 0 bridgehead atoms. The standard InChI is InChI=1S/C10H21NO/c1-7-3-4-9(5-8(7)2)10(11)6-12/h7-10,12H,3-6,11H2,1-2H3. The summed E-state index contributed by atoms with van der Waals surface area (Å²) in [5.74, 6) is 2.18. The maximum absolute atomic E-state index is 8.91. The van der Waals surface area contributed by atoms with Crippen LogP contribution in [0.4, 0.5) is 0 Å². The van der Waals surface area contributed by atoms with Gasteiger partial charge in [-0.2, -0.15) is 0 Å². The molecule has 12 heavy (non-hydrogen) atoms. The van der Waals surface area contributed by atoms with Crippen LogP contribution >= 0.6 is 0 Å². The second-order valence-corrected chi connectivity index (χ2v) is 4.37. The van der Waals surface area contributed by atoms with Gasteiger partial charge in [-0.3, -0.25) is 0 Å². The van der Waals surface area contributed by atoms with E-state index in [-0.39, 0.29) is 12.6 Å². The van der Waals surface area contributed by atoms with Crippen molar-refractivity contribution in [3.63, 3.8) is 0 Å². The van der Waals surface area contributed by atoms with Gasteiger partial charge in [-0.25, -0.2) is 0 Å². The molecule has 0 aliphatic heterocycles. The summed E-state index contributed by atoms with van der Waals surface area (Å²) in [5, 5.41) is 8.91. The fraction of sp³-hybridized carbons (Fsp3) is 1.00. The van der Waals surface area contributed by atoms with Gasteiger partial charge in [0.2, 0.25) is 0 Å². The summed E-state index contributed by atoms with van der Waals surface area (Å²) >= 11 is 0. The van der Waals surface area contributed by atoms with Gasteiger partial charge in [0.15, 0.2) is 0 Å². The minimum Gasteiger partial charge on any atom is -0.395 e. The van der Waals surface area contributed by atoms with Crippen molar-refractivity contribution >= 4 is 0 Å². The predicted molar refractivity (Wildman–Crippen MR) is 50.7 cm³/mol. The van der Waals surface area contributed by atoms with Crippen molar-refractivity contribution in [1.29, 1.82) is 0 Å². The zero-order chi connectivity index (χ0) is 9.14. The Hall–Kier alpha value is -0.0800. The highest BCUT2D eigenvalue weighted by atomic mass is 16.3. The first kappa shape index (κ1) is 10.0. The molecule has 3 N–H and O–H groups in total. The maximum atomic E-state index is 8.91. The van der Waals surface area contributed by atoms with Gasteiger partial charge in [0, 0.05) is 6.04 Å². The molecule has 0 aromatic rings. The van der Waals surface area contributed by atoms with Gasteiger partial charge in [0.05, 0.1) is 6.61 Å². The van der Waals surface area contributed by atoms with Crippen LogP contribution in [0.3, 0.4) is 0 Å². The van der Waals surface area contributed by atoms with Crippen molar-refractivity contribution < 1.29 is 5.11 Å². The topological polar surface area (TPSA) is 46.2 Å². The summed E-state index contributed by atoms with van der Waals surface area (Å²) in [6.07, 6.45) is 3.68. The minimum atomic E-state index is 0.0138. The Labute approximate surface area is 75.2 Å². The average molecular weight is 171 g/mol. The molecule has 1 fully saturated rings. The van der Waals surface area contributed by atoms with Crippen LogP contribution in [0.2, 0.25) is 0 Å². The van der Waals surface area contributed by atoms with Gasteiger partial charge in [0.1, 0.15) is 0 Å². The molecular weight excluding hydrogens is 150 g/mol. The third-order valence-electron chi connectivity index (χ3n) is 3.46. The molecule has 0 heterocycles. The number of hydrogen-bond acceptors (Lipinski definition) is 2. The minimum absolute atomic E-state index is 0.0138. The third kappa shape index (κ3) is 2.20. The first-order valence-corrected chi connectivity index (χ1v) is 5.01. The fourth-order valence-corrected chi connectivity index (χ4v) is 2.13. The molecule has 2 heteroatoms. The van der Waals surface area contributed by atoms with Crippen LogP contribution in [0, 0.1) is 17.8 Å². The van der Waals surface area contributed by atoms with E-state index < -0.39 is 0 Å². The van der Waals surface area contributed by atoms with Crippen LogP contribution in [0.1, 0.15) is 33.1 Å². The summed E-state index contributed by atoms with van der Waals surface area (Å²) in [6, 6.07) is 0.0138. The first-order chi connectivity index (χ1) is 5.65. The highest BCUT2D eigenvalue weighted by Crippen LogP contribution is 2.34. The average Bonchev–Trinajstić information content (AvgIpc) is 2.08. The van der Waals surface area contributed by atoms with Crippen LogP contribution in [-0.2, 0) is 0 Å². The number of aliphatic hydroxyl groups is 1. The molecule has 72 valence electrons. The summed E-state index contributed by atoms with van der Waals surface area (Å²) in [7, 11) is 0. The summed E-state index contributed by atoms with van der Waals surface area (Å²) in [6.45, 7) is 4.75. The van der Waals surface area contributed by atoms with E-state index in [9.17, 15) is 0 Å². The third-order valence-corrected chi connectivity index (χ3v) is 3.46. The lowest BCUT2D eigenvalue weighted by Gasteiger charge is -2.34. The van der Waals surface area contributed by atoms with E-state index in [1.165, 1.54) is 19.3 Å². The Morgan fingerprint density at radius 2 is 2.00 bits per heavy atom. The molecule has 0 spiro atoms. The fourth-order valence-electron chi connectivity index (χ4n) is 2.13. The molecule has 4 atom stereocenters. The second-order valence-electron chi connectivity index (χ2n) is 4.37. The second kappa shape index (κ2) is 4.24. The molecule has 0 aromatic heterocycles. The van der Waals surface area contributed by atoms with Crippen molar-refractivity contribution in [1.82, 2.24) is 0 Å². The van der Waals surface area contributed by atoms with Crippen LogP contribution in [0.25, 0.3) is 0 Å². The van der Waals surface area contributed by atoms with Crippen LogP contribution in [0.5, 0.6) is 0 Å². The van der Waals surface area contributed by atoms with Gasteiger partial charge < -0.3 is 10.8 Å². The molecule has 0 aromatic carbocycles. The molecule has 0 saturated heterocycles. The van der Waals surface area contributed by atoms with Crippen molar-refractivity contribution in [2.24, 2.45) is 23.5 Å². The molecule has 2 nitrogen and oxygen atoms in total. The molecule has 4 unspecified atom stereocenters. The molecule has 0 radical (unpaired) electrons. The van der Waals surface area contributed by atoms with Gasteiger partial charge in [-0.15, -0.1) is 0 Å². The lowest BCUT2D eigenvalue weighted by Crippen LogP contribution is -2.37. The zero-order valence-electron chi connectivity index (χ0n) is 8.16. The number of aliphatic hydroxyl groups excluding tert-OH is 1. The van der Waals surface area contributed by atoms with E-state index in [4.69, 9.17) is 10.8 Å². The summed E-state index contributed by atoms with van der Waals surface area (Å²) < 4.78 is 0. The maximum Gasteiger partial charge on any atom is 0.0585 e. The lowest BCUT2D eigenvalue weighted by atomic mass is 9.73. The van der Waals surface area contributed by atoms with Crippen LogP contribution in [-0.4, -0.2) is 17.8 Å². The van der Waals surface area contributed by atoms with E-state index in [2.05, 4.69) is 13.8 Å². The Bertz CT molecular complexity index is 138. The monoisotopic (exact) mass is 171 g/mol. The Morgan fingerprint density at radius 3 is 2.50 bits per heavy atom. The lowest BCUT2D eigenvalue weighted by molar-refractivity contribution is 0.147. The highest BCUT2D eigenvalue weighted by molar-refractivity contribution is 4.81. The van der Waals surface area contributed by atoms with E-state index in [0.29, 0.717) is 5.92 Å². The number of rotatable bonds is 2. The van der Waals surface area contributed by atoms with E-state index >= 15 is 0 Å².